The maximum Gasteiger partial charge on any atom is 0.130 e. The summed E-state index contributed by atoms with van der Waals surface area (Å²) in [7, 11) is 0. The van der Waals surface area contributed by atoms with Crippen LogP contribution < -0.4 is 5.32 Å². The zero-order valence-electron chi connectivity index (χ0n) is 10.6. The van der Waals surface area contributed by atoms with Crippen LogP contribution >= 0.6 is 0 Å². The van der Waals surface area contributed by atoms with Gasteiger partial charge in [0.2, 0.25) is 0 Å². The van der Waals surface area contributed by atoms with E-state index in [0.29, 0.717) is 5.56 Å². The van der Waals surface area contributed by atoms with E-state index in [1.807, 2.05) is 0 Å². The minimum absolute atomic E-state index is 0.0171. The lowest BCUT2D eigenvalue weighted by molar-refractivity contribution is 0.0771. The summed E-state index contributed by atoms with van der Waals surface area (Å²) in [5.41, 5.74) is 0.497. The Kier molecular flexibility index (Phi) is 4.66. The summed E-state index contributed by atoms with van der Waals surface area (Å²) in [6.45, 7) is 3.57. The molecule has 1 heterocycles. The van der Waals surface area contributed by atoms with Gasteiger partial charge in [-0.3, -0.25) is 0 Å². The molecular weight excluding hydrogens is 236 g/mol. The lowest BCUT2D eigenvalue weighted by Crippen LogP contribution is -2.33. The number of halogens is 2. The van der Waals surface area contributed by atoms with Crippen molar-refractivity contribution in [3.63, 3.8) is 0 Å². The maximum absolute atomic E-state index is 13.8. The molecule has 1 aromatic rings. The fraction of sp³-hybridized carbons (Fsp3) is 0.571. The van der Waals surface area contributed by atoms with E-state index in [4.69, 9.17) is 4.74 Å². The summed E-state index contributed by atoms with van der Waals surface area (Å²) in [6, 6.07) is 3.56. The summed E-state index contributed by atoms with van der Waals surface area (Å²) in [6.07, 6.45) is 2.86. The lowest BCUT2D eigenvalue weighted by Gasteiger charge is -2.25. The van der Waals surface area contributed by atoms with Crippen molar-refractivity contribution in [1.82, 2.24) is 5.32 Å². The van der Waals surface area contributed by atoms with Gasteiger partial charge in [0.25, 0.3) is 0 Å². The molecule has 0 spiro atoms. The molecule has 0 saturated carbocycles. The van der Waals surface area contributed by atoms with E-state index >= 15 is 0 Å². The van der Waals surface area contributed by atoms with E-state index in [9.17, 15) is 8.78 Å². The van der Waals surface area contributed by atoms with Gasteiger partial charge in [0.1, 0.15) is 11.6 Å². The van der Waals surface area contributed by atoms with Crippen LogP contribution in [0.4, 0.5) is 8.78 Å². The van der Waals surface area contributed by atoms with Crippen LogP contribution in [0, 0.1) is 11.6 Å². The van der Waals surface area contributed by atoms with Gasteiger partial charge in [-0.1, -0.05) is 13.0 Å². The van der Waals surface area contributed by atoms with Crippen molar-refractivity contribution in [2.45, 2.75) is 38.3 Å². The predicted octanol–water partition coefficient (Wildman–Crippen LogP) is 3.18. The second kappa shape index (κ2) is 6.25. The normalized spacial score (nSPS) is 21.2. The first-order valence-corrected chi connectivity index (χ1v) is 6.52. The van der Waals surface area contributed by atoms with Gasteiger partial charge in [0.05, 0.1) is 12.1 Å². The van der Waals surface area contributed by atoms with Crippen LogP contribution in [0.1, 0.15) is 37.8 Å². The molecule has 1 fully saturated rings. The molecular formula is C14H19F2NO. The van der Waals surface area contributed by atoms with E-state index in [-0.39, 0.29) is 12.1 Å². The number of nitrogens with one attached hydrogen (secondary N) is 1. The molecule has 2 atom stereocenters. The Hall–Kier alpha value is -1.00. The van der Waals surface area contributed by atoms with Crippen molar-refractivity contribution in [3.8, 4) is 0 Å². The molecule has 0 radical (unpaired) electrons. The molecule has 1 saturated heterocycles. The number of hydrogen-bond acceptors (Lipinski definition) is 2. The molecule has 1 N–H and O–H groups in total. The van der Waals surface area contributed by atoms with Crippen LogP contribution in [-0.2, 0) is 4.74 Å². The molecule has 4 heteroatoms. The topological polar surface area (TPSA) is 21.3 Å². The second-order valence-corrected chi connectivity index (χ2v) is 4.65. The van der Waals surface area contributed by atoms with Gasteiger partial charge >= 0.3 is 0 Å². The van der Waals surface area contributed by atoms with E-state index in [1.165, 1.54) is 12.1 Å². The third-order valence-corrected chi connectivity index (χ3v) is 3.25. The number of rotatable bonds is 5. The number of hydrogen-bond donors (Lipinski definition) is 1. The average Bonchev–Trinajstić information content (AvgIpc) is 2.85. The predicted molar refractivity (Wildman–Crippen MR) is 66.4 cm³/mol. The molecule has 2 unspecified atom stereocenters. The Morgan fingerprint density at radius 3 is 2.89 bits per heavy atom. The Labute approximate surface area is 106 Å². The van der Waals surface area contributed by atoms with Crippen molar-refractivity contribution >= 4 is 0 Å². The number of ether oxygens (including phenoxy) is 1. The Morgan fingerprint density at radius 1 is 1.44 bits per heavy atom. The SMILES string of the molecule is CCCNC(c1ccc(F)cc1F)C1CCCO1. The third-order valence-electron chi connectivity index (χ3n) is 3.25. The molecule has 0 amide bonds. The summed E-state index contributed by atoms with van der Waals surface area (Å²) in [5.74, 6) is -1.04. The molecule has 100 valence electrons. The molecule has 0 aromatic heterocycles. The highest BCUT2D eigenvalue weighted by molar-refractivity contribution is 5.23. The quantitative estimate of drug-likeness (QED) is 0.872. The van der Waals surface area contributed by atoms with Crippen LogP contribution in [0.2, 0.25) is 0 Å². The molecule has 1 aliphatic rings. The fourth-order valence-electron chi connectivity index (χ4n) is 2.36. The van der Waals surface area contributed by atoms with E-state index in [2.05, 4.69) is 12.2 Å². The minimum atomic E-state index is -0.544. The highest BCUT2D eigenvalue weighted by Gasteiger charge is 2.28. The largest absolute Gasteiger partial charge is 0.376 e. The first-order valence-electron chi connectivity index (χ1n) is 6.52. The van der Waals surface area contributed by atoms with Crippen molar-refractivity contribution in [3.05, 3.63) is 35.4 Å². The Morgan fingerprint density at radius 2 is 2.28 bits per heavy atom. The van der Waals surface area contributed by atoms with Gasteiger partial charge in [-0.15, -0.1) is 0 Å². The standard InChI is InChI=1S/C14H19F2NO/c1-2-7-17-14(13-4-3-8-18-13)11-6-5-10(15)9-12(11)16/h5-6,9,13-14,17H,2-4,7-8H2,1H3. The first kappa shape index (κ1) is 13.4. The van der Waals surface area contributed by atoms with Crippen molar-refractivity contribution in [2.75, 3.05) is 13.2 Å². The van der Waals surface area contributed by atoms with Crippen LogP contribution in [0.3, 0.4) is 0 Å². The molecule has 1 aromatic carbocycles. The molecule has 1 aliphatic heterocycles. The summed E-state index contributed by atoms with van der Waals surface area (Å²) in [4.78, 5) is 0. The van der Waals surface area contributed by atoms with Crippen LogP contribution in [-0.4, -0.2) is 19.3 Å². The number of benzene rings is 1. The zero-order valence-corrected chi connectivity index (χ0v) is 10.6. The average molecular weight is 255 g/mol. The second-order valence-electron chi connectivity index (χ2n) is 4.65. The molecule has 0 bridgehead atoms. The van der Waals surface area contributed by atoms with Crippen LogP contribution in [0.5, 0.6) is 0 Å². The van der Waals surface area contributed by atoms with Gasteiger partial charge in [0.15, 0.2) is 0 Å². The van der Waals surface area contributed by atoms with Crippen LogP contribution in [0.25, 0.3) is 0 Å². The Balaban J connectivity index is 2.20. The monoisotopic (exact) mass is 255 g/mol. The summed E-state index contributed by atoms with van der Waals surface area (Å²) >= 11 is 0. The van der Waals surface area contributed by atoms with E-state index in [1.54, 1.807) is 0 Å². The smallest absolute Gasteiger partial charge is 0.130 e. The molecule has 2 nitrogen and oxygen atoms in total. The van der Waals surface area contributed by atoms with Gasteiger partial charge in [-0.05, 0) is 31.9 Å². The summed E-state index contributed by atoms with van der Waals surface area (Å²) < 4.78 is 32.4. The highest BCUT2D eigenvalue weighted by atomic mass is 19.1. The van der Waals surface area contributed by atoms with Crippen molar-refractivity contribution in [2.24, 2.45) is 0 Å². The summed E-state index contributed by atoms with van der Waals surface area (Å²) in [5, 5.41) is 3.30. The van der Waals surface area contributed by atoms with Gasteiger partial charge < -0.3 is 10.1 Å². The first-order chi connectivity index (χ1) is 8.72. The van der Waals surface area contributed by atoms with E-state index in [0.717, 1.165) is 38.5 Å². The van der Waals surface area contributed by atoms with E-state index < -0.39 is 11.6 Å². The van der Waals surface area contributed by atoms with Gasteiger partial charge in [-0.25, -0.2) is 8.78 Å². The minimum Gasteiger partial charge on any atom is -0.376 e. The molecule has 0 aliphatic carbocycles. The van der Waals surface area contributed by atoms with Gasteiger partial charge in [-0.2, -0.15) is 0 Å². The van der Waals surface area contributed by atoms with Crippen LogP contribution in [0.15, 0.2) is 18.2 Å². The Bertz CT molecular complexity index is 391. The van der Waals surface area contributed by atoms with Crippen molar-refractivity contribution < 1.29 is 13.5 Å². The van der Waals surface area contributed by atoms with Crippen molar-refractivity contribution in [1.29, 1.82) is 0 Å². The molecule has 2 rings (SSSR count). The highest BCUT2D eigenvalue weighted by Crippen LogP contribution is 2.28. The zero-order chi connectivity index (χ0) is 13.0. The fourth-order valence-corrected chi connectivity index (χ4v) is 2.36. The maximum atomic E-state index is 13.8. The third kappa shape index (κ3) is 3.06. The molecule has 18 heavy (non-hydrogen) atoms. The lowest BCUT2D eigenvalue weighted by atomic mass is 9.98. The van der Waals surface area contributed by atoms with Gasteiger partial charge in [0, 0.05) is 18.2 Å².